The minimum absolute atomic E-state index is 0.00742. The quantitative estimate of drug-likeness (QED) is 0.152. The van der Waals surface area contributed by atoms with Crippen LogP contribution in [0.15, 0.2) is 59.6 Å². The van der Waals surface area contributed by atoms with Crippen molar-refractivity contribution in [3.63, 3.8) is 0 Å². The van der Waals surface area contributed by atoms with Crippen molar-refractivity contribution in [3.8, 4) is 28.1 Å². The van der Waals surface area contributed by atoms with E-state index in [1.807, 2.05) is 31.2 Å². The van der Waals surface area contributed by atoms with Gasteiger partial charge in [0.15, 0.2) is 0 Å². The van der Waals surface area contributed by atoms with Gasteiger partial charge < -0.3 is 21.5 Å². The number of carbonyl (C=O) groups is 2. The summed E-state index contributed by atoms with van der Waals surface area (Å²) in [6.07, 6.45) is 0.362. The third-order valence-electron chi connectivity index (χ3n) is 9.62. The van der Waals surface area contributed by atoms with Crippen LogP contribution in [0.1, 0.15) is 71.4 Å². The number of rotatable bonds is 7. The number of aromatic nitrogens is 1. The fourth-order valence-corrected chi connectivity index (χ4v) is 6.45. The molecular formula is C36H31ClF3N5O3. The van der Waals surface area contributed by atoms with E-state index in [0.717, 1.165) is 18.9 Å². The summed E-state index contributed by atoms with van der Waals surface area (Å²) in [7, 11) is 0. The molecule has 7 rings (SSSR count). The lowest BCUT2D eigenvalue weighted by atomic mass is 9.76. The van der Waals surface area contributed by atoms with E-state index in [0.29, 0.717) is 45.0 Å². The van der Waals surface area contributed by atoms with Crippen molar-refractivity contribution in [2.45, 2.75) is 50.0 Å². The van der Waals surface area contributed by atoms with Gasteiger partial charge in [0.25, 0.3) is 12.3 Å². The van der Waals surface area contributed by atoms with Gasteiger partial charge in [-0.25, -0.2) is 18.2 Å². The van der Waals surface area contributed by atoms with Gasteiger partial charge in [-0.3, -0.25) is 14.6 Å². The summed E-state index contributed by atoms with van der Waals surface area (Å²) in [5, 5.41) is 2.80. The first-order valence-corrected chi connectivity index (χ1v) is 15.8. The van der Waals surface area contributed by atoms with E-state index >= 15 is 0 Å². The Morgan fingerprint density at radius 2 is 1.92 bits per heavy atom. The average Bonchev–Trinajstić information content (AvgIpc) is 3.83. The standard InChI is InChI=1S/C36H31ClF3N5O3/c1-35(15-44-33(46)18-8-19(14-43-21-6-7-21)29(41)24(10-18)32(39)40)20-5-3-4-17(9-20)22-12-27(38)26(37)11-23(22)30-31-25(13-28(35)45-30)36(2,16-48-31)34(42)47/h3-5,8-14,21,32H,6-7,15-16,41H2,1-2H3,(H2,42,47)(H,44,46)/t35-,36-/m0/s1. The molecule has 2 aliphatic heterocycles. The largest absolute Gasteiger partial charge is 0.489 e. The maximum atomic E-state index is 15.0. The van der Waals surface area contributed by atoms with Crippen molar-refractivity contribution in [1.29, 1.82) is 0 Å². The summed E-state index contributed by atoms with van der Waals surface area (Å²) in [6, 6.07) is 14.6. The Labute approximate surface area is 279 Å². The average molecular weight is 674 g/mol. The molecule has 0 unspecified atom stereocenters. The second-order valence-corrected chi connectivity index (χ2v) is 13.4. The molecule has 0 saturated heterocycles. The number of fused-ring (bicyclic) bond motifs is 9. The molecule has 0 radical (unpaired) electrons. The van der Waals surface area contributed by atoms with Crippen LogP contribution in [0.5, 0.6) is 5.75 Å². The highest BCUT2D eigenvalue weighted by molar-refractivity contribution is 6.31. The number of amides is 2. The predicted octanol–water partition coefficient (Wildman–Crippen LogP) is 6.49. The van der Waals surface area contributed by atoms with Crippen molar-refractivity contribution in [2.24, 2.45) is 10.7 Å². The van der Waals surface area contributed by atoms with Crippen LogP contribution in [0.2, 0.25) is 5.02 Å². The molecular weight excluding hydrogens is 643 g/mol. The molecule has 4 aromatic rings. The summed E-state index contributed by atoms with van der Waals surface area (Å²) in [5.74, 6) is -1.52. The van der Waals surface area contributed by atoms with E-state index in [1.54, 1.807) is 13.0 Å². The highest BCUT2D eigenvalue weighted by atomic mass is 35.5. The van der Waals surface area contributed by atoms with Gasteiger partial charge in [0.1, 0.15) is 29.3 Å². The highest BCUT2D eigenvalue weighted by Crippen LogP contribution is 2.50. The Hall–Kier alpha value is -4.90. The summed E-state index contributed by atoms with van der Waals surface area (Å²) in [6.45, 7) is 3.47. The molecule has 1 saturated carbocycles. The molecule has 5 N–H and O–H groups in total. The number of alkyl halides is 2. The van der Waals surface area contributed by atoms with Gasteiger partial charge in [0, 0.05) is 46.3 Å². The van der Waals surface area contributed by atoms with Crippen LogP contribution >= 0.6 is 11.6 Å². The molecule has 8 nitrogen and oxygen atoms in total. The molecule has 1 fully saturated rings. The van der Waals surface area contributed by atoms with Crippen LogP contribution in [0.4, 0.5) is 18.9 Å². The topological polar surface area (TPSA) is 133 Å². The van der Waals surface area contributed by atoms with Crippen molar-refractivity contribution in [3.05, 3.63) is 98.9 Å². The minimum Gasteiger partial charge on any atom is -0.489 e. The zero-order chi connectivity index (χ0) is 34.1. The molecule has 2 amide bonds. The number of aliphatic imine (C=N–C) groups is 1. The van der Waals surface area contributed by atoms with Crippen LogP contribution in [0.25, 0.3) is 22.4 Å². The maximum absolute atomic E-state index is 15.0. The van der Waals surface area contributed by atoms with E-state index in [4.69, 9.17) is 32.8 Å². The third-order valence-corrected chi connectivity index (χ3v) is 9.91. The normalized spacial score (nSPS) is 20.8. The first kappa shape index (κ1) is 31.7. The Kier molecular flexibility index (Phi) is 7.50. The first-order chi connectivity index (χ1) is 22.8. The zero-order valence-corrected chi connectivity index (χ0v) is 26.8. The lowest BCUT2D eigenvalue weighted by molar-refractivity contribution is -0.123. The molecule has 3 aliphatic rings. The number of nitrogens with zero attached hydrogens (tertiary/aromatic N) is 2. The van der Waals surface area contributed by atoms with Crippen LogP contribution < -0.4 is 21.5 Å². The Bertz CT molecular complexity index is 2070. The first-order valence-electron chi connectivity index (χ1n) is 15.4. The molecule has 1 aromatic heterocycles. The van der Waals surface area contributed by atoms with Crippen molar-refractivity contribution < 1.29 is 27.5 Å². The van der Waals surface area contributed by atoms with Crippen LogP contribution in [-0.2, 0) is 15.6 Å². The summed E-state index contributed by atoms with van der Waals surface area (Å²) < 4.78 is 49.1. The van der Waals surface area contributed by atoms with Gasteiger partial charge in [-0.1, -0.05) is 35.9 Å². The number of pyridine rings is 1. The molecule has 246 valence electrons. The highest BCUT2D eigenvalue weighted by Gasteiger charge is 2.46. The number of anilines is 1. The van der Waals surface area contributed by atoms with Gasteiger partial charge in [0.2, 0.25) is 5.91 Å². The fourth-order valence-electron chi connectivity index (χ4n) is 6.29. The summed E-state index contributed by atoms with van der Waals surface area (Å²) in [5.41, 5.74) is 13.0. The van der Waals surface area contributed by atoms with Crippen LogP contribution in [-0.4, -0.2) is 42.2 Å². The zero-order valence-electron chi connectivity index (χ0n) is 26.0. The van der Waals surface area contributed by atoms with E-state index in [2.05, 4.69) is 10.3 Å². The number of hydrogen-bond donors (Lipinski definition) is 3. The fraction of sp³-hybridized carbons (Fsp3) is 0.278. The van der Waals surface area contributed by atoms with E-state index in [-0.39, 0.29) is 41.0 Å². The number of halogens is 4. The number of nitrogens with one attached hydrogen (secondary N) is 1. The summed E-state index contributed by atoms with van der Waals surface area (Å²) in [4.78, 5) is 35.9. The third kappa shape index (κ3) is 5.17. The van der Waals surface area contributed by atoms with Gasteiger partial charge in [-0.2, -0.15) is 0 Å². The number of ether oxygens (including phenoxy) is 1. The number of carbonyl (C=O) groups excluding carboxylic acids is 2. The van der Waals surface area contributed by atoms with Crippen molar-refractivity contribution in [1.82, 2.24) is 10.3 Å². The Morgan fingerprint density at radius 3 is 2.62 bits per heavy atom. The maximum Gasteiger partial charge on any atom is 0.265 e. The van der Waals surface area contributed by atoms with Crippen LogP contribution in [0, 0.1) is 5.82 Å². The molecule has 0 spiro atoms. The number of nitrogens with two attached hydrogens (primary N) is 2. The minimum atomic E-state index is -2.91. The molecule has 4 bridgehead atoms. The Morgan fingerprint density at radius 1 is 1.15 bits per heavy atom. The van der Waals surface area contributed by atoms with Crippen molar-refractivity contribution >= 4 is 35.3 Å². The summed E-state index contributed by atoms with van der Waals surface area (Å²) >= 11 is 6.29. The molecule has 48 heavy (non-hydrogen) atoms. The van der Waals surface area contributed by atoms with Gasteiger partial charge in [-0.15, -0.1) is 0 Å². The molecule has 3 heterocycles. The molecule has 2 atom stereocenters. The van der Waals surface area contributed by atoms with Crippen LogP contribution in [0.3, 0.4) is 0 Å². The SMILES string of the molecule is C[C@]1(CNC(=O)c2cc(C=NC3CC3)c(N)c(C(F)F)c2)c2cccc(c2)-c2cc(F)c(Cl)cc2-c2nc1cc1c2OC[C@]1(C)C(N)=O. The van der Waals surface area contributed by atoms with Gasteiger partial charge >= 0.3 is 0 Å². The van der Waals surface area contributed by atoms with E-state index < -0.39 is 40.5 Å². The predicted molar refractivity (Wildman–Crippen MR) is 177 cm³/mol. The van der Waals surface area contributed by atoms with Crippen molar-refractivity contribution in [2.75, 3.05) is 18.9 Å². The molecule has 3 aromatic carbocycles. The Balaban J connectivity index is 1.36. The number of nitrogen functional groups attached to an aromatic ring is 1. The lowest BCUT2D eigenvalue weighted by Gasteiger charge is -2.31. The number of hydrogen-bond acceptors (Lipinski definition) is 6. The smallest absolute Gasteiger partial charge is 0.265 e. The number of primary amides is 1. The van der Waals surface area contributed by atoms with E-state index in [9.17, 15) is 22.8 Å². The van der Waals surface area contributed by atoms with Gasteiger partial charge in [0.05, 0.1) is 22.2 Å². The lowest BCUT2D eigenvalue weighted by Crippen LogP contribution is -2.42. The second-order valence-electron chi connectivity index (χ2n) is 13.0. The number of benzene rings is 3. The van der Waals surface area contributed by atoms with E-state index in [1.165, 1.54) is 24.4 Å². The molecule has 1 aliphatic carbocycles. The molecule has 12 heteroatoms. The monoisotopic (exact) mass is 673 g/mol. The van der Waals surface area contributed by atoms with Gasteiger partial charge in [-0.05, 0) is 73.7 Å². The second kappa shape index (κ2) is 11.4.